The average molecular weight is 911 g/mol. The van der Waals surface area contributed by atoms with Crippen molar-refractivity contribution in [2.24, 2.45) is 0 Å². The van der Waals surface area contributed by atoms with Crippen LogP contribution in [-0.2, 0) is 10.8 Å². The quantitative estimate of drug-likeness (QED) is 0.171. The molecule has 13 aromatic rings. The van der Waals surface area contributed by atoms with E-state index in [1.165, 1.54) is 127 Å². The highest BCUT2D eigenvalue weighted by molar-refractivity contribution is 6.14. The van der Waals surface area contributed by atoms with E-state index >= 15 is 0 Å². The molecule has 12 aromatic carbocycles. The molecule has 0 N–H and O–H groups in total. The Kier molecular flexibility index (Phi) is 7.37. The Morgan fingerprint density at radius 2 is 0.819 bits per heavy atom. The second-order valence-electron chi connectivity index (χ2n) is 20.2. The minimum atomic E-state index is -0.582. The summed E-state index contributed by atoms with van der Waals surface area (Å²) in [5.74, 6) is 0. The fourth-order valence-corrected chi connectivity index (χ4v) is 14.6. The van der Waals surface area contributed by atoms with Crippen LogP contribution >= 0.6 is 0 Å². The van der Waals surface area contributed by atoms with Crippen LogP contribution in [0, 0.1) is 0 Å². The number of rotatable bonds is 3. The maximum Gasteiger partial charge on any atom is 0.0755 e. The molecule has 1 aromatic heterocycles. The maximum absolute atomic E-state index is 2.58. The van der Waals surface area contributed by atoms with Gasteiger partial charge in [0.25, 0.3) is 0 Å². The first-order valence-electron chi connectivity index (χ1n) is 25.3. The summed E-state index contributed by atoms with van der Waals surface area (Å²) in [6, 6.07) is 96.8. The zero-order valence-electron chi connectivity index (χ0n) is 39.1. The highest BCUT2D eigenvalue weighted by Crippen LogP contribution is 2.66. The van der Waals surface area contributed by atoms with E-state index in [0.29, 0.717) is 0 Å². The molecule has 0 fully saturated rings. The second-order valence-corrected chi connectivity index (χ2v) is 20.2. The Hall–Kier alpha value is -9.24. The minimum absolute atomic E-state index is 0.523. The monoisotopic (exact) mass is 910 g/mol. The molecular formula is C70H42N2. The van der Waals surface area contributed by atoms with E-state index in [9.17, 15) is 0 Å². The van der Waals surface area contributed by atoms with E-state index < -0.39 is 10.8 Å². The molecule has 0 saturated carbocycles. The van der Waals surface area contributed by atoms with Crippen molar-refractivity contribution >= 4 is 60.4 Å². The van der Waals surface area contributed by atoms with E-state index in [4.69, 9.17) is 0 Å². The summed E-state index contributed by atoms with van der Waals surface area (Å²) in [6.07, 6.45) is 0. The number of fused-ring (bicyclic) bond motifs is 25. The van der Waals surface area contributed by atoms with Gasteiger partial charge < -0.3 is 9.47 Å². The lowest BCUT2D eigenvalue weighted by molar-refractivity contribution is 0.748. The zero-order chi connectivity index (χ0) is 46.9. The lowest BCUT2D eigenvalue weighted by atomic mass is 9.65. The SMILES string of the molecule is c1ccc2c(c1)-c1ccc(N(c3ccc4ccccc4c3)c3cccc4c3-c3ccccc3C43c4ccccc4-n4c5ccccc5c5cccc3c54)cc1C21c2ccccc2-c2c1ccc1ccccc21. The Morgan fingerprint density at radius 3 is 1.65 bits per heavy atom. The van der Waals surface area contributed by atoms with Crippen LogP contribution in [0.5, 0.6) is 0 Å². The van der Waals surface area contributed by atoms with Gasteiger partial charge in [-0.2, -0.15) is 0 Å². The molecule has 2 nitrogen and oxygen atoms in total. The van der Waals surface area contributed by atoms with Gasteiger partial charge in [-0.3, -0.25) is 0 Å². The molecule has 0 saturated heterocycles. The van der Waals surface area contributed by atoms with Gasteiger partial charge >= 0.3 is 0 Å². The highest BCUT2D eigenvalue weighted by Gasteiger charge is 2.54. The van der Waals surface area contributed by atoms with Crippen molar-refractivity contribution in [1.29, 1.82) is 0 Å². The third kappa shape index (κ3) is 4.53. The van der Waals surface area contributed by atoms with Crippen LogP contribution in [0.25, 0.3) is 82.4 Å². The van der Waals surface area contributed by atoms with Gasteiger partial charge in [-0.05, 0) is 136 Å². The predicted octanol–water partition coefficient (Wildman–Crippen LogP) is 17.6. The van der Waals surface area contributed by atoms with Crippen molar-refractivity contribution < 1.29 is 0 Å². The third-order valence-electron chi connectivity index (χ3n) is 17.1. The number of anilines is 3. The van der Waals surface area contributed by atoms with E-state index in [0.717, 1.165) is 17.1 Å². The molecule has 2 heterocycles. The maximum atomic E-state index is 2.58. The van der Waals surface area contributed by atoms with Crippen LogP contribution < -0.4 is 4.90 Å². The van der Waals surface area contributed by atoms with Gasteiger partial charge in [0.05, 0.1) is 33.2 Å². The minimum Gasteiger partial charge on any atom is -0.310 e. The molecule has 332 valence electrons. The van der Waals surface area contributed by atoms with Gasteiger partial charge in [-0.1, -0.05) is 212 Å². The topological polar surface area (TPSA) is 8.17 Å². The number of hydrogen-bond donors (Lipinski definition) is 0. The van der Waals surface area contributed by atoms with Crippen LogP contribution in [0.2, 0.25) is 0 Å². The van der Waals surface area contributed by atoms with E-state index in [1.807, 2.05) is 0 Å². The number of aromatic nitrogens is 1. The molecule has 2 spiro atoms. The third-order valence-corrected chi connectivity index (χ3v) is 17.1. The van der Waals surface area contributed by atoms with Crippen molar-refractivity contribution in [2.75, 3.05) is 4.90 Å². The first-order chi connectivity index (χ1) is 35.7. The van der Waals surface area contributed by atoms with Gasteiger partial charge in [0.2, 0.25) is 0 Å². The first-order valence-corrected chi connectivity index (χ1v) is 25.3. The molecule has 2 heteroatoms. The van der Waals surface area contributed by atoms with Crippen LogP contribution in [0.1, 0.15) is 44.5 Å². The fourth-order valence-electron chi connectivity index (χ4n) is 14.6. The van der Waals surface area contributed by atoms with Gasteiger partial charge in [-0.15, -0.1) is 0 Å². The fraction of sp³-hybridized carbons (Fsp3) is 0.0286. The summed E-state index contributed by atoms with van der Waals surface area (Å²) in [5.41, 5.74) is 24.4. The van der Waals surface area contributed by atoms with Crippen LogP contribution in [0.15, 0.2) is 255 Å². The van der Waals surface area contributed by atoms with Crippen molar-refractivity contribution in [1.82, 2.24) is 4.57 Å². The van der Waals surface area contributed by atoms with Crippen molar-refractivity contribution in [3.05, 3.63) is 299 Å². The molecule has 0 bridgehead atoms. The summed E-state index contributed by atoms with van der Waals surface area (Å²) in [7, 11) is 0. The second kappa shape index (κ2) is 13.8. The highest BCUT2D eigenvalue weighted by atomic mass is 15.1. The lowest BCUT2D eigenvalue weighted by Crippen LogP contribution is -2.33. The Balaban J connectivity index is 0.978. The van der Waals surface area contributed by atoms with E-state index in [-0.39, 0.29) is 0 Å². The normalized spacial score (nSPS) is 17.0. The molecule has 0 radical (unpaired) electrons. The first kappa shape index (κ1) is 38.6. The van der Waals surface area contributed by atoms with Crippen molar-refractivity contribution in [3.8, 4) is 39.1 Å². The van der Waals surface area contributed by atoms with Gasteiger partial charge in [0, 0.05) is 27.7 Å². The Morgan fingerprint density at radius 1 is 0.292 bits per heavy atom. The Bertz CT molecular complexity index is 4550. The van der Waals surface area contributed by atoms with Crippen molar-refractivity contribution in [3.63, 3.8) is 0 Å². The van der Waals surface area contributed by atoms with Gasteiger partial charge in [-0.25, -0.2) is 0 Å². The predicted molar refractivity (Wildman–Crippen MR) is 298 cm³/mol. The number of nitrogens with zero attached hydrogens (tertiary/aromatic N) is 2. The molecule has 72 heavy (non-hydrogen) atoms. The summed E-state index contributed by atoms with van der Waals surface area (Å²) < 4.78 is 2.53. The number of benzene rings is 12. The standard InChI is InChI=1S/C70H42N2/c1-2-19-45-41-46(37-35-43(45)17-1)71(47-38-39-50-49-21-5-9-26-55(49)69(62(50)42-47)56-27-10-6-23-53(56)66-48-20-4-3-18-44(48)36-40-60(66)69)65-34-16-30-59-67(65)54-24-7-11-28-57(54)70(59)58-29-12-14-33-64(58)72-63-32-13-8-22-51(63)52-25-15-31-61(70)68(52)72/h1-42H. The van der Waals surface area contributed by atoms with Crippen molar-refractivity contribution in [2.45, 2.75) is 10.8 Å². The Labute approximate surface area is 417 Å². The molecule has 17 rings (SSSR count). The largest absolute Gasteiger partial charge is 0.310 e. The van der Waals surface area contributed by atoms with E-state index in [2.05, 4.69) is 264 Å². The smallest absolute Gasteiger partial charge is 0.0755 e. The summed E-state index contributed by atoms with van der Waals surface area (Å²) in [6.45, 7) is 0. The molecule has 1 aliphatic heterocycles. The summed E-state index contributed by atoms with van der Waals surface area (Å²) in [4.78, 5) is 2.58. The number of para-hydroxylation sites is 3. The van der Waals surface area contributed by atoms with Gasteiger partial charge in [0.15, 0.2) is 0 Å². The molecule has 2 unspecified atom stereocenters. The average Bonchev–Trinajstić information content (AvgIpc) is 4.14. The lowest BCUT2D eigenvalue weighted by Gasteiger charge is -2.39. The molecule has 3 aliphatic carbocycles. The zero-order valence-corrected chi connectivity index (χ0v) is 39.1. The van der Waals surface area contributed by atoms with Crippen LogP contribution in [0.4, 0.5) is 17.1 Å². The summed E-state index contributed by atoms with van der Waals surface area (Å²) >= 11 is 0. The molecule has 0 amide bonds. The summed E-state index contributed by atoms with van der Waals surface area (Å²) in [5, 5.41) is 7.56. The van der Waals surface area contributed by atoms with Gasteiger partial charge in [0.1, 0.15) is 0 Å². The van der Waals surface area contributed by atoms with E-state index in [1.54, 1.807) is 0 Å². The molecule has 4 aliphatic rings. The molecular weight excluding hydrogens is 869 g/mol. The van der Waals surface area contributed by atoms with Crippen LogP contribution in [-0.4, -0.2) is 4.57 Å². The molecule has 2 atom stereocenters. The number of hydrogen-bond acceptors (Lipinski definition) is 1. The van der Waals surface area contributed by atoms with Crippen LogP contribution in [0.3, 0.4) is 0 Å².